The smallest absolute Gasteiger partial charge is 0.166 e. The van der Waals surface area contributed by atoms with E-state index in [1.54, 1.807) is 7.05 Å². The molecule has 2 N–H and O–H groups in total. The molecule has 0 bridgehead atoms. The molecule has 0 aromatic heterocycles. The summed E-state index contributed by atoms with van der Waals surface area (Å²) in [7, 11) is 1.63. The van der Waals surface area contributed by atoms with Crippen LogP contribution in [0.3, 0.4) is 0 Å². The molecule has 0 heterocycles. The Morgan fingerprint density at radius 1 is 0.652 bits per heavy atom. The summed E-state index contributed by atoms with van der Waals surface area (Å²) < 4.78 is 10.1. The van der Waals surface area contributed by atoms with Gasteiger partial charge in [0.15, 0.2) is 14.7 Å². The van der Waals surface area contributed by atoms with Crippen molar-refractivity contribution in [2.45, 2.75) is 14.7 Å². The molecule has 0 spiro atoms. The standard InChI is InChI=1S/C18H15S.CH5NOS/c1-4-10-16(11-5-1)19(17-12-6-2-7-13-17)18-14-8-3-9-15-18;1-2-4-3/h1-15H;2-3H,1H3/q+1;. The van der Waals surface area contributed by atoms with Gasteiger partial charge in [0.25, 0.3) is 0 Å². The normalized spacial score (nSPS) is 10.0. The molecule has 0 fully saturated rings. The van der Waals surface area contributed by atoms with Gasteiger partial charge in [0.2, 0.25) is 0 Å². The average Bonchev–Trinajstić information content (AvgIpc) is 2.65. The lowest BCUT2D eigenvalue weighted by Gasteiger charge is -2.07. The Balaban J connectivity index is 0.000000433. The van der Waals surface area contributed by atoms with Gasteiger partial charge < -0.3 is 4.55 Å². The first-order valence-electron chi connectivity index (χ1n) is 7.23. The first-order chi connectivity index (χ1) is 11.4. The lowest BCUT2D eigenvalue weighted by atomic mass is 10.4. The van der Waals surface area contributed by atoms with Crippen LogP contribution in [-0.4, -0.2) is 11.6 Å². The zero-order valence-corrected chi connectivity index (χ0v) is 14.6. The molecule has 0 aliphatic carbocycles. The largest absolute Gasteiger partial charge is 0.317 e. The summed E-state index contributed by atoms with van der Waals surface area (Å²) in [6.45, 7) is 0. The Hall–Kier alpha value is -1.72. The van der Waals surface area contributed by atoms with E-state index in [1.807, 2.05) is 0 Å². The molecule has 0 radical (unpaired) electrons. The molecule has 0 saturated carbocycles. The van der Waals surface area contributed by atoms with Crippen molar-refractivity contribution in [1.82, 2.24) is 4.72 Å². The maximum Gasteiger partial charge on any atom is 0.166 e. The van der Waals surface area contributed by atoms with Crippen LogP contribution in [0.15, 0.2) is 106 Å². The number of benzene rings is 3. The molecule has 0 unspecified atom stereocenters. The van der Waals surface area contributed by atoms with Gasteiger partial charge in [-0.1, -0.05) is 54.6 Å². The van der Waals surface area contributed by atoms with Crippen molar-refractivity contribution in [1.29, 1.82) is 0 Å². The summed E-state index contributed by atoms with van der Waals surface area (Å²) in [5.41, 5.74) is 0. The molecule has 118 valence electrons. The number of hydrogen-bond donors (Lipinski definition) is 2. The molecule has 4 heteroatoms. The second kappa shape index (κ2) is 10.1. The average molecular weight is 343 g/mol. The highest BCUT2D eigenvalue weighted by molar-refractivity contribution is 7.97. The van der Waals surface area contributed by atoms with E-state index in [1.165, 1.54) is 14.7 Å². The van der Waals surface area contributed by atoms with E-state index in [0.717, 1.165) is 0 Å². The van der Waals surface area contributed by atoms with Gasteiger partial charge in [0, 0.05) is 0 Å². The lowest BCUT2D eigenvalue weighted by molar-refractivity contribution is 0.657. The minimum atomic E-state index is -0.0146. The summed E-state index contributed by atoms with van der Waals surface area (Å²) in [5.74, 6) is 0. The lowest BCUT2D eigenvalue weighted by Crippen LogP contribution is -2.04. The van der Waals surface area contributed by atoms with Crippen molar-refractivity contribution in [3.8, 4) is 0 Å². The molecular formula is C19H20NOS2+. The predicted molar refractivity (Wildman–Crippen MR) is 101 cm³/mol. The van der Waals surface area contributed by atoms with E-state index >= 15 is 0 Å². The molecule has 3 rings (SSSR count). The quantitative estimate of drug-likeness (QED) is 0.393. The van der Waals surface area contributed by atoms with E-state index in [9.17, 15) is 0 Å². The highest BCUT2D eigenvalue weighted by atomic mass is 32.2. The van der Waals surface area contributed by atoms with E-state index in [0.29, 0.717) is 12.2 Å². The fourth-order valence-corrected chi connectivity index (χ4v) is 4.18. The Bertz CT molecular complexity index is 567. The zero-order valence-electron chi connectivity index (χ0n) is 12.9. The first-order valence-corrected chi connectivity index (χ1v) is 9.23. The van der Waals surface area contributed by atoms with Crippen molar-refractivity contribution in [2.24, 2.45) is 0 Å². The van der Waals surface area contributed by atoms with Crippen LogP contribution in [0, 0.1) is 0 Å². The Morgan fingerprint density at radius 2 is 0.913 bits per heavy atom. The van der Waals surface area contributed by atoms with Crippen LogP contribution in [0.2, 0.25) is 0 Å². The molecule has 0 saturated heterocycles. The second-order valence-electron chi connectivity index (χ2n) is 4.54. The number of rotatable bonds is 4. The summed E-state index contributed by atoms with van der Waals surface area (Å²) in [4.78, 5) is 4.08. The van der Waals surface area contributed by atoms with Crippen LogP contribution >= 0.6 is 12.2 Å². The van der Waals surface area contributed by atoms with Crippen LogP contribution in [0.25, 0.3) is 0 Å². The van der Waals surface area contributed by atoms with E-state index in [2.05, 4.69) is 95.7 Å². The van der Waals surface area contributed by atoms with Gasteiger partial charge in [0.05, 0.1) is 23.1 Å². The van der Waals surface area contributed by atoms with E-state index in [-0.39, 0.29) is 10.9 Å². The van der Waals surface area contributed by atoms with E-state index in [4.69, 9.17) is 4.55 Å². The molecule has 0 atom stereocenters. The fraction of sp³-hybridized carbons (Fsp3) is 0.0526. The Morgan fingerprint density at radius 3 is 1.13 bits per heavy atom. The van der Waals surface area contributed by atoms with Crippen LogP contribution in [0.4, 0.5) is 0 Å². The maximum atomic E-state index is 7.68. The fourth-order valence-electron chi connectivity index (χ4n) is 2.08. The predicted octanol–water partition coefficient (Wildman–Crippen LogP) is 5.11. The van der Waals surface area contributed by atoms with Crippen molar-refractivity contribution in [3.63, 3.8) is 0 Å². The number of hydrogen-bond acceptors (Lipinski definition) is 3. The van der Waals surface area contributed by atoms with Gasteiger partial charge in [-0.3, -0.25) is 0 Å². The summed E-state index contributed by atoms with van der Waals surface area (Å²) in [5, 5.41) is 0. The Labute approximate surface area is 145 Å². The Kier molecular flexibility index (Phi) is 7.77. The molecule has 2 nitrogen and oxygen atoms in total. The molecule has 3 aromatic rings. The third-order valence-corrected chi connectivity index (χ3v) is 5.44. The van der Waals surface area contributed by atoms with Crippen LogP contribution < -0.4 is 4.72 Å². The molecule has 3 aromatic carbocycles. The molecular weight excluding hydrogens is 322 g/mol. The van der Waals surface area contributed by atoms with Gasteiger partial charge >= 0.3 is 0 Å². The first kappa shape index (κ1) is 17.6. The van der Waals surface area contributed by atoms with Gasteiger partial charge in [-0.15, -0.1) is 0 Å². The third-order valence-electron chi connectivity index (χ3n) is 3.03. The summed E-state index contributed by atoms with van der Waals surface area (Å²) in [6.07, 6.45) is 0. The van der Waals surface area contributed by atoms with Gasteiger partial charge in [-0.05, 0) is 43.4 Å². The molecule has 0 aliphatic heterocycles. The summed E-state index contributed by atoms with van der Waals surface area (Å²) >= 11 is 0.606. The SMILES string of the molecule is CNSO.c1ccc([S+](c2ccccc2)c2ccccc2)cc1. The topological polar surface area (TPSA) is 32.3 Å². The van der Waals surface area contributed by atoms with Crippen molar-refractivity contribution in [2.75, 3.05) is 7.05 Å². The van der Waals surface area contributed by atoms with Gasteiger partial charge in [0.1, 0.15) is 0 Å². The second-order valence-corrected chi connectivity index (χ2v) is 7.16. The monoisotopic (exact) mass is 342 g/mol. The molecule has 0 amide bonds. The number of nitrogens with one attached hydrogen (secondary N) is 1. The maximum absolute atomic E-state index is 7.68. The highest BCUT2D eigenvalue weighted by Gasteiger charge is 2.27. The van der Waals surface area contributed by atoms with Crippen LogP contribution in [0.1, 0.15) is 0 Å². The third kappa shape index (κ3) is 5.44. The van der Waals surface area contributed by atoms with Crippen molar-refractivity contribution in [3.05, 3.63) is 91.0 Å². The zero-order chi connectivity index (χ0) is 16.3. The molecule has 0 aliphatic rings. The van der Waals surface area contributed by atoms with Crippen LogP contribution in [-0.2, 0) is 10.9 Å². The van der Waals surface area contributed by atoms with Gasteiger partial charge in [-0.25, -0.2) is 4.72 Å². The van der Waals surface area contributed by atoms with Crippen molar-refractivity contribution < 1.29 is 4.55 Å². The minimum Gasteiger partial charge on any atom is -0.317 e. The molecule has 23 heavy (non-hydrogen) atoms. The highest BCUT2D eigenvalue weighted by Crippen LogP contribution is 2.30. The van der Waals surface area contributed by atoms with Gasteiger partial charge in [-0.2, -0.15) is 0 Å². The van der Waals surface area contributed by atoms with Crippen molar-refractivity contribution >= 4 is 23.1 Å². The minimum absolute atomic E-state index is 0.0146. The summed E-state index contributed by atoms with van der Waals surface area (Å²) in [6, 6.07) is 32.2. The van der Waals surface area contributed by atoms with E-state index < -0.39 is 0 Å². The van der Waals surface area contributed by atoms with Crippen LogP contribution in [0.5, 0.6) is 0 Å².